The van der Waals surface area contributed by atoms with Gasteiger partial charge in [0.2, 0.25) is 0 Å². The summed E-state index contributed by atoms with van der Waals surface area (Å²) in [5.41, 5.74) is 1.67. The molecule has 21 heavy (non-hydrogen) atoms. The van der Waals surface area contributed by atoms with Crippen LogP contribution in [0.1, 0.15) is 36.2 Å². The molecule has 114 valence electrons. The summed E-state index contributed by atoms with van der Waals surface area (Å²) in [4.78, 5) is 14.5. The number of carbonyl (C=O) groups excluding carboxylic acids is 1. The Morgan fingerprint density at radius 3 is 2.71 bits per heavy atom. The number of benzene rings is 1. The van der Waals surface area contributed by atoms with E-state index in [1.165, 1.54) is 0 Å². The highest BCUT2D eigenvalue weighted by Crippen LogP contribution is 2.21. The van der Waals surface area contributed by atoms with Crippen LogP contribution in [0.25, 0.3) is 0 Å². The van der Waals surface area contributed by atoms with Gasteiger partial charge in [-0.2, -0.15) is 5.26 Å². The standard InChI is InChI=1S/C17H24N2O2/c1-13(2)11-19(9-5-8-18)12-16(20)15-7-6-14(3)10-17(15)21-4/h6-7,10,13H,5,9,11-12H2,1-4H3. The largest absolute Gasteiger partial charge is 0.496 e. The normalized spacial score (nSPS) is 10.7. The van der Waals surface area contributed by atoms with Crippen LogP contribution in [-0.4, -0.2) is 37.4 Å². The molecule has 0 aliphatic rings. The second-order valence-electron chi connectivity index (χ2n) is 5.66. The number of carbonyl (C=O) groups is 1. The van der Waals surface area contributed by atoms with Gasteiger partial charge in [-0.15, -0.1) is 0 Å². The van der Waals surface area contributed by atoms with Gasteiger partial charge in [-0.1, -0.05) is 19.9 Å². The van der Waals surface area contributed by atoms with Gasteiger partial charge in [-0.3, -0.25) is 9.69 Å². The number of hydrogen-bond donors (Lipinski definition) is 0. The van der Waals surface area contributed by atoms with Gasteiger partial charge in [0.15, 0.2) is 5.78 Å². The number of aryl methyl sites for hydroxylation is 1. The van der Waals surface area contributed by atoms with Crippen molar-refractivity contribution < 1.29 is 9.53 Å². The zero-order valence-corrected chi connectivity index (χ0v) is 13.3. The molecular formula is C17H24N2O2. The first-order valence-corrected chi connectivity index (χ1v) is 7.25. The van der Waals surface area contributed by atoms with E-state index in [0.29, 0.717) is 36.7 Å². The van der Waals surface area contributed by atoms with Crippen molar-refractivity contribution in [2.75, 3.05) is 26.7 Å². The molecule has 0 saturated heterocycles. The molecule has 0 atom stereocenters. The number of ether oxygens (including phenoxy) is 1. The molecule has 1 aromatic carbocycles. The van der Waals surface area contributed by atoms with Crippen molar-refractivity contribution in [3.05, 3.63) is 29.3 Å². The minimum absolute atomic E-state index is 0.0328. The van der Waals surface area contributed by atoms with Gasteiger partial charge in [-0.05, 0) is 30.5 Å². The zero-order chi connectivity index (χ0) is 15.8. The van der Waals surface area contributed by atoms with Gasteiger partial charge < -0.3 is 4.74 Å². The van der Waals surface area contributed by atoms with Crippen molar-refractivity contribution in [2.45, 2.75) is 27.2 Å². The fourth-order valence-corrected chi connectivity index (χ4v) is 2.28. The second-order valence-corrected chi connectivity index (χ2v) is 5.66. The molecular weight excluding hydrogens is 264 g/mol. The average Bonchev–Trinajstić information content (AvgIpc) is 2.43. The molecule has 0 fully saturated rings. The number of methoxy groups -OCH3 is 1. The highest BCUT2D eigenvalue weighted by Gasteiger charge is 2.17. The first-order chi connectivity index (χ1) is 9.97. The average molecular weight is 288 g/mol. The molecule has 0 aliphatic heterocycles. The topological polar surface area (TPSA) is 53.3 Å². The number of Topliss-reactive ketones (excluding diaryl/α,β-unsaturated/α-hetero) is 1. The second kappa shape index (κ2) is 8.43. The molecule has 0 unspecified atom stereocenters. The molecule has 1 aromatic rings. The molecule has 1 rings (SSSR count). The summed E-state index contributed by atoms with van der Waals surface area (Å²) in [5.74, 6) is 1.10. The quantitative estimate of drug-likeness (QED) is 0.690. The van der Waals surface area contributed by atoms with E-state index in [-0.39, 0.29) is 5.78 Å². The molecule has 0 amide bonds. The van der Waals surface area contributed by atoms with Crippen LogP contribution in [-0.2, 0) is 0 Å². The molecule has 0 radical (unpaired) electrons. The van der Waals surface area contributed by atoms with Crippen LogP contribution in [0.2, 0.25) is 0 Å². The maximum absolute atomic E-state index is 12.5. The third-order valence-corrected chi connectivity index (χ3v) is 3.19. The van der Waals surface area contributed by atoms with Gasteiger partial charge in [-0.25, -0.2) is 0 Å². The molecule has 4 nitrogen and oxygen atoms in total. The highest BCUT2D eigenvalue weighted by atomic mass is 16.5. The van der Waals surface area contributed by atoms with Crippen molar-refractivity contribution in [1.29, 1.82) is 5.26 Å². The van der Waals surface area contributed by atoms with Crippen LogP contribution in [0.3, 0.4) is 0 Å². The van der Waals surface area contributed by atoms with E-state index in [2.05, 4.69) is 19.9 Å². The summed E-state index contributed by atoms with van der Waals surface area (Å²) < 4.78 is 5.30. The molecule has 0 heterocycles. The lowest BCUT2D eigenvalue weighted by Gasteiger charge is -2.22. The number of ketones is 1. The van der Waals surface area contributed by atoms with Gasteiger partial charge in [0.1, 0.15) is 5.75 Å². The summed E-state index contributed by atoms with van der Waals surface area (Å²) in [7, 11) is 1.58. The van der Waals surface area contributed by atoms with Gasteiger partial charge in [0, 0.05) is 19.5 Å². The Morgan fingerprint density at radius 1 is 1.43 bits per heavy atom. The zero-order valence-electron chi connectivity index (χ0n) is 13.3. The molecule has 0 aliphatic carbocycles. The van der Waals surface area contributed by atoms with Crippen molar-refractivity contribution >= 4 is 5.78 Å². The third-order valence-electron chi connectivity index (χ3n) is 3.19. The van der Waals surface area contributed by atoms with E-state index in [4.69, 9.17) is 10.00 Å². The van der Waals surface area contributed by atoms with E-state index in [1.54, 1.807) is 7.11 Å². The van der Waals surface area contributed by atoms with Crippen molar-refractivity contribution in [3.8, 4) is 11.8 Å². The summed E-state index contributed by atoms with van der Waals surface area (Å²) in [6, 6.07) is 7.74. The van der Waals surface area contributed by atoms with E-state index in [9.17, 15) is 4.79 Å². The number of nitrogens with zero attached hydrogens (tertiary/aromatic N) is 2. The lowest BCUT2D eigenvalue weighted by Crippen LogP contribution is -2.34. The van der Waals surface area contributed by atoms with Gasteiger partial charge in [0.05, 0.1) is 25.3 Å². The minimum atomic E-state index is 0.0328. The summed E-state index contributed by atoms with van der Waals surface area (Å²) in [5, 5.41) is 8.73. The fourth-order valence-electron chi connectivity index (χ4n) is 2.28. The molecule has 4 heteroatoms. The SMILES string of the molecule is COc1cc(C)ccc1C(=O)CN(CCC#N)CC(C)C. The predicted octanol–water partition coefficient (Wildman–Crippen LogP) is 3.06. The highest BCUT2D eigenvalue weighted by molar-refractivity contribution is 6.00. The monoisotopic (exact) mass is 288 g/mol. The van der Waals surface area contributed by atoms with Gasteiger partial charge >= 0.3 is 0 Å². The molecule has 0 bridgehead atoms. The van der Waals surface area contributed by atoms with Crippen LogP contribution in [0.15, 0.2) is 18.2 Å². The van der Waals surface area contributed by atoms with Crippen molar-refractivity contribution in [3.63, 3.8) is 0 Å². The van der Waals surface area contributed by atoms with Crippen LogP contribution in [0.5, 0.6) is 5.75 Å². The predicted molar refractivity (Wildman–Crippen MR) is 83.6 cm³/mol. The Morgan fingerprint density at radius 2 is 2.14 bits per heavy atom. The van der Waals surface area contributed by atoms with Crippen LogP contribution < -0.4 is 4.74 Å². The van der Waals surface area contributed by atoms with Crippen molar-refractivity contribution in [2.24, 2.45) is 5.92 Å². The Kier molecular flexibility index (Phi) is 6.90. The van der Waals surface area contributed by atoms with E-state index in [0.717, 1.165) is 12.1 Å². The summed E-state index contributed by atoms with van der Waals surface area (Å²) >= 11 is 0. The Balaban J connectivity index is 2.83. The lowest BCUT2D eigenvalue weighted by atomic mass is 10.1. The van der Waals surface area contributed by atoms with Crippen LogP contribution >= 0.6 is 0 Å². The summed E-state index contributed by atoms with van der Waals surface area (Å²) in [6.07, 6.45) is 0.436. The minimum Gasteiger partial charge on any atom is -0.496 e. The molecule has 0 aromatic heterocycles. The maximum Gasteiger partial charge on any atom is 0.180 e. The first kappa shape index (κ1) is 17.2. The molecule has 0 saturated carbocycles. The number of hydrogen-bond acceptors (Lipinski definition) is 4. The van der Waals surface area contributed by atoms with E-state index >= 15 is 0 Å². The van der Waals surface area contributed by atoms with Crippen LogP contribution in [0, 0.1) is 24.2 Å². The van der Waals surface area contributed by atoms with E-state index in [1.807, 2.05) is 30.0 Å². The Bertz CT molecular complexity index is 518. The van der Waals surface area contributed by atoms with E-state index < -0.39 is 0 Å². The third kappa shape index (κ3) is 5.57. The number of nitriles is 1. The Hall–Kier alpha value is -1.86. The summed E-state index contributed by atoms with van der Waals surface area (Å²) in [6.45, 7) is 7.93. The molecule has 0 spiro atoms. The van der Waals surface area contributed by atoms with Gasteiger partial charge in [0.25, 0.3) is 0 Å². The fraction of sp³-hybridized carbons (Fsp3) is 0.529. The maximum atomic E-state index is 12.5. The first-order valence-electron chi connectivity index (χ1n) is 7.25. The smallest absolute Gasteiger partial charge is 0.180 e. The van der Waals surface area contributed by atoms with Crippen LogP contribution in [0.4, 0.5) is 0 Å². The Labute approximate surface area is 127 Å². The molecule has 0 N–H and O–H groups in total. The number of rotatable bonds is 8. The lowest BCUT2D eigenvalue weighted by molar-refractivity contribution is 0.0921. The van der Waals surface area contributed by atoms with Crippen molar-refractivity contribution in [1.82, 2.24) is 4.90 Å².